The van der Waals surface area contributed by atoms with Gasteiger partial charge < -0.3 is 10.2 Å². The van der Waals surface area contributed by atoms with E-state index in [1.54, 1.807) is 11.5 Å². The van der Waals surface area contributed by atoms with Crippen LogP contribution in [0.5, 0.6) is 0 Å². The van der Waals surface area contributed by atoms with E-state index >= 15 is 0 Å². The van der Waals surface area contributed by atoms with Crippen LogP contribution in [0, 0.1) is 13.8 Å². The van der Waals surface area contributed by atoms with Gasteiger partial charge in [0.15, 0.2) is 0 Å². The maximum Gasteiger partial charge on any atom is 0.348 e. The summed E-state index contributed by atoms with van der Waals surface area (Å²) < 4.78 is 7.04. The van der Waals surface area contributed by atoms with Gasteiger partial charge >= 0.3 is 5.69 Å². The molecule has 2 aromatic rings. The molecule has 0 aliphatic rings. The van der Waals surface area contributed by atoms with Gasteiger partial charge in [0, 0.05) is 11.4 Å². The second-order valence-corrected chi connectivity index (χ2v) is 3.98. The second-order valence-electron chi connectivity index (χ2n) is 3.98. The standard InChI is InChI=1S/C12H15N3O2/c1-8-5-9(2)15(12(16)14-8)7-11-4-3-10(6-13)17-11/h3-5H,6-7,13H2,1-2H3. The van der Waals surface area contributed by atoms with Crippen molar-refractivity contribution in [2.45, 2.75) is 26.9 Å². The molecule has 0 amide bonds. The zero-order valence-electron chi connectivity index (χ0n) is 9.93. The Balaban J connectivity index is 2.33. The van der Waals surface area contributed by atoms with Gasteiger partial charge in [0.05, 0.1) is 13.1 Å². The highest BCUT2D eigenvalue weighted by Gasteiger charge is 2.06. The van der Waals surface area contributed by atoms with Crippen LogP contribution in [0.3, 0.4) is 0 Å². The van der Waals surface area contributed by atoms with Gasteiger partial charge in [-0.25, -0.2) is 4.79 Å². The highest BCUT2D eigenvalue weighted by molar-refractivity contribution is 5.11. The first-order chi connectivity index (χ1) is 8.10. The zero-order valence-corrected chi connectivity index (χ0v) is 9.93. The summed E-state index contributed by atoms with van der Waals surface area (Å²) in [7, 11) is 0. The molecule has 2 aromatic heterocycles. The number of hydrogen-bond donors (Lipinski definition) is 1. The summed E-state index contributed by atoms with van der Waals surface area (Å²) in [6.45, 7) is 4.43. The molecule has 0 unspecified atom stereocenters. The van der Waals surface area contributed by atoms with Crippen LogP contribution in [-0.4, -0.2) is 9.55 Å². The fraction of sp³-hybridized carbons (Fsp3) is 0.333. The molecule has 0 bridgehead atoms. The predicted octanol–water partition coefficient (Wildman–Crippen LogP) is 0.960. The van der Waals surface area contributed by atoms with Crippen LogP contribution in [0.4, 0.5) is 0 Å². The van der Waals surface area contributed by atoms with Crippen molar-refractivity contribution in [3.05, 3.63) is 51.6 Å². The van der Waals surface area contributed by atoms with Gasteiger partial charge in [0.1, 0.15) is 11.5 Å². The van der Waals surface area contributed by atoms with E-state index in [2.05, 4.69) is 4.98 Å². The second kappa shape index (κ2) is 4.55. The molecule has 0 aliphatic heterocycles. The van der Waals surface area contributed by atoms with Crippen LogP contribution in [0.25, 0.3) is 0 Å². The number of hydrogen-bond acceptors (Lipinski definition) is 4. The zero-order chi connectivity index (χ0) is 12.4. The van der Waals surface area contributed by atoms with Gasteiger partial charge in [-0.15, -0.1) is 0 Å². The van der Waals surface area contributed by atoms with E-state index in [0.717, 1.165) is 11.4 Å². The third-order valence-electron chi connectivity index (χ3n) is 2.58. The van der Waals surface area contributed by atoms with Gasteiger partial charge in [-0.3, -0.25) is 4.57 Å². The van der Waals surface area contributed by atoms with Crippen molar-refractivity contribution in [2.75, 3.05) is 0 Å². The molecule has 0 aliphatic carbocycles. The fourth-order valence-electron chi connectivity index (χ4n) is 1.74. The Bertz CT molecular complexity index is 584. The average Bonchev–Trinajstić information content (AvgIpc) is 2.71. The fourth-order valence-corrected chi connectivity index (χ4v) is 1.74. The summed E-state index contributed by atoms with van der Waals surface area (Å²) in [6, 6.07) is 5.51. The molecule has 0 saturated carbocycles. The lowest BCUT2D eigenvalue weighted by atomic mass is 10.3. The van der Waals surface area contributed by atoms with E-state index in [-0.39, 0.29) is 5.69 Å². The topological polar surface area (TPSA) is 74.1 Å². The lowest BCUT2D eigenvalue weighted by Gasteiger charge is -2.07. The quantitative estimate of drug-likeness (QED) is 0.856. The maximum absolute atomic E-state index is 11.7. The van der Waals surface area contributed by atoms with Crippen molar-refractivity contribution in [1.29, 1.82) is 0 Å². The summed E-state index contributed by atoms with van der Waals surface area (Å²) in [5.41, 5.74) is 6.80. The lowest BCUT2D eigenvalue weighted by Crippen LogP contribution is -2.25. The van der Waals surface area contributed by atoms with Gasteiger partial charge in [-0.2, -0.15) is 4.98 Å². The molecule has 5 heteroatoms. The van der Waals surface area contributed by atoms with Crippen LogP contribution >= 0.6 is 0 Å². The maximum atomic E-state index is 11.7. The van der Waals surface area contributed by atoms with E-state index in [4.69, 9.17) is 10.2 Å². The molecular weight excluding hydrogens is 218 g/mol. The highest BCUT2D eigenvalue weighted by atomic mass is 16.3. The van der Waals surface area contributed by atoms with E-state index < -0.39 is 0 Å². The third kappa shape index (κ3) is 2.45. The minimum Gasteiger partial charge on any atom is -0.463 e. The number of rotatable bonds is 3. The van der Waals surface area contributed by atoms with Gasteiger partial charge in [0.2, 0.25) is 0 Å². The summed E-state index contributed by atoms with van der Waals surface area (Å²) in [5.74, 6) is 1.42. The Morgan fingerprint density at radius 3 is 2.65 bits per heavy atom. The molecule has 5 nitrogen and oxygen atoms in total. The van der Waals surface area contributed by atoms with Crippen LogP contribution in [0.15, 0.2) is 27.4 Å². The van der Waals surface area contributed by atoms with Crippen molar-refractivity contribution in [1.82, 2.24) is 9.55 Å². The molecule has 2 N–H and O–H groups in total. The number of nitrogens with zero attached hydrogens (tertiary/aromatic N) is 2. The number of aromatic nitrogens is 2. The van der Waals surface area contributed by atoms with Crippen molar-refractivity contribution in [3.8, 4) is 0 Å². The van der Waals surface area contributed by atoms with Crippen LogP contribution in [0.1, 0.15) is 22.9 Å². The molecule has 90 valence electrons. The molecule has 0 atom stereocenters. The van der Waals surface area contributed by atoms with Crippen molar-refractivity contribution in [3.63, 3.8) is 0 Å². The monoisotopic (exact) mass is 233 g/mol. The molecule has 2 heterocycles. The Hall–Kier alpha value is -1.88. The Morgan fingerprint density at radius 1 is 1.35 bits per heavy atom. The molecule has 0 spiro atoms. The van der Waals surface area contributed by atoms with Gasteiger partial charge in [-0.1, -0.05) is 0 Å². The molecule has 0 saturated heterocycles. The highest BCUT2D eigenvalue weighted by Crippen LogP contribution is 2.09. The molecule has 17 heavy (non-hydrogen) atoms. The molecule has 0 radical (unpaired) electrons. The smallest absolute Gasteiger partial charge is 0.348 e. The largest absolute Gasteiger partial charge is 0.463 e. The Kier molecular flexibility index (Phi) is 3.10. The molecule has 2 rings (SSSR count). The van der Waals surface area contributed by atoms with E-state index in [0.29, 0.717) is 24.6 Å². The summed E-state index contributed by atoms with van der Waals surface area (Å²) >= 11 is 0. The first kappa shape index (κ1) is 11.6. The molecule has 0 fully saturated rings. The Labute approximate surface area is 98.9 Å². The van der Waals surface area contributed by atoms with Crippen LogP contribution in [-0.2, 0) is 13.1 Å². The normalized spacial score (nSPS) is 10.8. The van der Waals surface area contributed by atoms with Crippen molar-refractivity contribution in [2.24, 2.45) is 5.73 Å². The predicted molar refractivity (Wildman–Crippen MR) is 63.7 cm³/mol. The van der Waals surface area contributed by atoms with E-state index in [1.807, 2.05) is 25.1 Å². The molecule has 0 aromatic carbocycles. The first-order valence-electron chi connectivity index (χ1n) is 5.43. The number of nitrogens with two attached hydrogens (primary N) is 1. The summed E-state index contributed by atoms with van der Waals surface area (Å²) in [4.78, 5) is 15.6. The van der Waals surface area contributed by atoms with Crippen LogP contribution in [0.2, 0.25) is 0 Å². The SMILES string of the molecule is Cc1cc(C)n(Cc2ccc(CN)o2)c(=O)n1. The third-order valence-corrected chi connectivity index (χ3v) is 2.58. The van der Waals surface area contributed by atoms with Gasteiger partial charge in [-0.05, 0) is 32.0 Å². The summed E-state index contributed by atoms with van der Waals surface area (Å²) in [6.07, 6.45) is 0. The van der Waals surface area contributed by atoms with Gasteiger partial charge in [0.25, 0.3) is 0 Å². The molecular formula is C12H15N3O2. The van der Waals surface area contributed by atoms with Crippen molar-refractivity contribution < 1.29 is 4.42 Å². The number of aryl methyl sites for hydroxylation is 2. The average molecular weight is 233 g/mol. The number of furan rings is 1. The van der Waals surface area contributed by atoms with Crippen molar-refractivity contribution >= 4 is 0 Å². The minimum absolute atomic E-state index is 0.256. The van der Waals surface area contributed by atoms with E-state index in [9.17, 15) is 4.79 Å². The van der Waals surface area contributed by atoms with Crippen LogP contribution < -0.4 is 11.4 Å². The minimum atomic E-state index is -0.256. The first-order valence-corrected chi connectivity index (χ1v) is 5.43. The lowest BCUT2D eigenvalue weighted by molar-refractivity contribution is 0.448. The Morgan fingerprint density at radius 2 is 2.06 bits per heavy atom. The summed E-state index contributed by atoms with van der Waals surface area (Å²) in [5, 5.41) is 0. The van der Waals surface area contributed by atoms with E-state index in [1.165, 1.54) is 0 Å².